The quantitative estimate of drug-likeness (QED) is 0.582. The summed E-state index contributed by atoms with van der Waals surface area (Å²) in [6, 6.07) is 14.1. The number of halogens is 3. The molecule has 4 heteroatoms. The number of aromatic nitrogens is 1. The fourth-order valence-electron chi connectivity index (χ4n) is 2.13. The van der Waals surface area contributed by atoms with Crippen LogP contribution >= 0.6 is 11.6 Å². The monoisotopic (exact) mass is 301 g/mol. The summed E-state index contributed by atoms with van der Waals surface area (Å²) in [5, 5.41) is 0.278. The van der Waals surface area contributed by atoms with Gasteiger partial charge in [-0.2, -0.15) is 0 Å². The van der Waals surface area contributed by atoms with Crippen molar-refractivity contribution in [3.05, 3.63) is 77.6 Å². The largest absolute Gasteiger partial charge is 0.243 e. The Balaban J connectivity index is 2.12. The van der Waals surface area contributed by atoms with Gasteiger partial charge in [0.2, 0.25) is 0 Å². The third kappa shape index (κ3) is 2.93. The predicted octanol–water partition coefficient (Wildman–Crippen LogP) is 5.35. The minimum absolute atomic E-state index is 0.278. The Bertz CT molecular complexity index is 802. The van der Waals surface area contributed by atoms with Crippen molar-refractivity contribution in [2.75, 3.05) is 0 Å². The van der Waals surface area contributed by atoms with Crippen molar-refractivity contribution in [2.24, 2.45) is 0 Å². The molecule has 1 nitrogen and oxygen atoms in total. The summed E-state index contributed by atoms with van der Waals surface area (Å²) >= 11 is 6.09. The van der Waals surface area contributed by atoms with Gasteiger partial charge in [0, 0.05) is 17.3 Å². The first-order chi connectivity index (χ1) is 10.1. The van der Waals surface area contributed by atoms with Gasteiger partial charge in [0.25, 0.3) is 0 Å². The summed E-state index contributed by atoms with van der Waals surface area (Å²) < 4.78 is 26.7. The Morgan fingerprint density at radius 1 is 0.762 bits per heavy atom. The highest BCUT2D eigenvalue weighted by Gasteiger charge is 2.09. The second kappa shape index (κ2) is 5.62. The molecular weight excluding hydrogens is 292 g/mol. The summed E-state index contributed by atoms with van der Waals surface area (Å²) in [6.07, 6.45) is 1.57. The van der Waals surface area contributed by atoms with E-state index in [1.54, 1.807) is 36.5 Å². The van der Waals surface area contributed by atoms with Crippen molar-refractivity contribution >= 4 is 11.6 Å². The van der Waals surface area contributed by atoms with E-state index in [0.29, 0.717) is 16.7 Å². The number of hydrogen-bond acceptors (Lipinski definition) is 1. The maximum Gasteiger partial charge on any atom is 0.136 e. The minimum Gasteiger partial charge on any atom is -0.243 e. The van der Waals surface area contributed by atoms with Gasteiger partial charge in [-0.15, -0.1) is 0 Å². The van der Waals surface area contributed by atoms with Crippen LogP contribution in [0.3, 0.4) is 0 Å². The molecule has 0 aliphatic heterocycles. The van der Waals surface area contributed by atoms with Gasteiger partial charge in [0.15, 0.2) is 0 Å². The molecular formula is C17H10ClF2N. The van der Waals surface area contributed by atoms with Crippen molar-refractivity contribution in [2.45, 2.75) is 0 Å². The van der Waals surface area contributed by atoms with Gasteiger partial charge in [0.1, 0.15) is 16.8 Å². The molecule has 2 aromatic carbocycles. The van der Waals surface area contributed by atoms with E-state index in [9.17, 15) is 8.78 Å². The van der Waals surface area contributed by atoms with Gasteiger partial charge in [-0.3, -0.25) is 0 Å². The molecule has 0 aliphatic rings. The first-order valence-electron chi connectivity index (χ1n) is 6.31. The van der Waals surface area contributed by atoms with Crippen LogP contribution in [0.15, 0.2) is 60.8 Å². The van der Waals surface area contributed by atoms with Gasteiger partial charge in [-0.05, 0) is 41.5 Å². The third-order valence-corrected chi connectivity index (χ3v) is 3.43. The highest BCUT2D eigenvalue weighted by Crippen LogP contribution is 2.31. The summed E-state index contributed by atoms with van der Waals surface area (Å²) in [5.41, 5.74) is 2.65. The van der Waals surface area contributed by atoms with E-state index < -0.39 is 0 Å². The SMILES string of the molecule is Fc1cccc(-c2cnc(Cl)c(-c3cccc(F)c3)c2)c1. The molecule has 0 bridgehead atoms. The van der Waals surface area contributed by atoms with Crippen LogP contribution in [0.1, 0.15) is 0 Å². The molecule has 1 aromatic heterocycles. The lowest BCUT2D eigenvalue weighted by atomic mass is 10.0. The zero-order valence-corrected chi connectivity index (χ0v) is 11.6. The zero-order valence-electron chi connectivity index (χ0n) is 10.9. The predicted molar refractivity (Wildman–Crippen MR) is 80.0 cm³/mol. The second-order valence-electron chi connectivity index (χ2n) is 4.58. The average Bonchev–Trinajstić information content (AvgIpc) is 2.47. The normalized spacial score (nSPS) is 10.6. The molecule has 21 heavy (non-hydrogen) atoms. The van der Waals surface area contributed by atoms with Crippen LogP contribution in [0.4, 0.5) is 8.78 Å². The van der Waals surface area contributed by atoms with Gasteiger partial charge >= 0.3 is 0 Å². The Morgan fingerprint density at radius 3 is 2.05 bits per heavy atom. The molecule has 0 saturated carbocycles. The first-order valence-corrected chi connectivity index (χ1v) is 6.69. The van der Waals surface area contributed by atoms with Gasteiger partial charge in [-0.25, -0.2) is 13.8 Å². The van der Waals surface area contributed by atoms with Crippen molar-refractivity contribution < 1.29 is 8.78 Å². The van der Waals surface area contributed by atoms with Crippen molar-refractivity contribution in [3.63, 3.8) is 0 Å². The maximum absolute atomic E-state index is 13.3. The molecule has 0 atom stereocenters. The van der Waals surface area contributed by atoms with Crippen LogP contribution in [0.25, 0.3) is 22.3 Å². The van der Waals surface area contributed by atoms with Gasteiger partial charge in [0.05, 0.1) is 0 Å². The molecule has 1 heterocycles. The van der Waals surface area contributed by atoms with Crippen LogP contribution in [0.2, 0.25) is 5.15 Å². The van der Waals surface area contributed by atoms with Crippen LogP contribution in [0.5, 0.6) is 0 Å². The number of nitrogens with zero attached hydrogens (tertiary/aromatic N) is 1. The lowest BCUT2D eigenvalue weighted by Gasteiger charge is -2.08. The maximum atomic E-state index is 13.3. The van der Waals surface area contributed by atoms with Crippen molar-refractivity contribution in [1.82, 2.24) is 4.98 Å². The number of hydrogen-bond donors (Lipinski definition) is 0. The second-order valence-corrected chi connectivity index (χ2v) is 4.94. The lowest BCUT2D eigenvalue weighted by molar-refractivity contribution is 0.628. The molecule has 0 spiro atoms. The fourth-order valence-corrected chi connectivity index (χ4v) is 2.34. The Hall–Kier alpha value is -2.26. The van der Waals surface area contributed by atoms with E-state index in [1.165, 1.54) is 24.3 Å². The van der Waals surface area contributed by atoms with Gasteiger partial charge in [-0.1, -0.05) is 35.9 Å². The van der Waals surface area contributed by atoms with E-state index in [1.807, 2.05) is 0 Å². The first kappa shape index (κ1) is 13.7. The van der Waals surface area contributed by atoms with Crippen LogP contribution in [-0.2, 0) is 0 Å². The fraction of sp³-hybridized carbons (Fsp3) is 0. The highest BCUT2D eigenvalue weighted by molar-refractivity contribution is 6.32. The molecule has 104 valence electrons. The number of rotatable bonds is 2. The van der Waals surface area contributed by atoms with Crippen LogP contribution in [-0.4, -0.2) is 4.98 Å². The lowest BCUT2D eigenvalue weighted by Crippen LogP contribution is -1.88. The highest BCUT2D eigenvalue weighted by atomic mass is 35.5. The van der Waals surface area contributed by atoms with Crippen molar-refractivity contribution in [3.8, 4) is 22.3 Å². The number of pyridine rings is 1. The molecule has 0 aliphatic carbocycles. The van der Waals surface area contributed by atoms with E-state index in [2.05, 4.69) is 4.98 Å². The Morgan fingerprint density at radius 2 is 1.38 bits per heavy atom. The Labute approximate surface area is 125 Å². The third-order valence-electron chi connectivity index (χ3n) is 3.13. The molecule has 3 aromatic rings. The zero-order chi connectivity index (χ0) is 14.8. The van der Waals surface area contributed by atoms with E-state index in [4.69, 9.17) is 11.6 Å². The minimum atomic E-state index is -0.347. The molecule has 3 rings (SSSR count). The number of benzene rings is 2. The smallest absolute Gasteiger partial charge is 0.136 e. The summed E-state index contributed by atoms with van der Waals surface area (Å²) in [7, 11) is 0. The molecule has 0 N–H and O–H groups in total. The molecule has 0 saturated heterocycles. The van der Waals surface area contributed by atoms with Crippen LogP contribution in [0, 0.1) is 11.6 Å². The summed E-state index contributed by atoms with van der Waals surface area (Å²) in [6.45, 7) is 0. The Kier molecular flexibility index (Phi) is 3.67. The van der Waals surface area contributed by atoms with E-state index in [0.717, 1.165) is 5.56 Å². The molecule has 0 unspecified atom stereocenters. The van der Waals surface area contributed by atoms with E-state index >= 15 is 0 Å². The topological polar surface area (TPSA) is 12.9 Å². The average molecular weight is 302 g/mol. The van der Waals surface area contributed by atoms with Crippen molar-refractivity contribution in [1.29, 1.82) is 0 Å². The van der Waals surface area contributed by atoms with E-state index in [-0.39, 0.29) is 16.8 Å². The summed E-state index contributed by atoms with van der Waals surface area (Å²) in [5.74, 6) is -0.672. The van der Waals surface area contributed by atoms with Gasteiger partial charge < -0.3 is 0 Å². The van der Waals surface area contributed by atoms with Crippen LogP contribution < -0.4 is 0 Å². The summed E-state index contributed by atoms with van der Waals surface area (Å²) in [4.78, 5) is 4.11. The standard InChI is InChI=1S/C17H10ClF2N/c18-17-16(12-4-2-6-15(20)8-12)9-13(10-21-17)11-3-1-5-14(19)7-11/h1-10H. The molecule has 0 fully saturated rings. The molecule has 0 radical (unpaired) electrons. The molecule has 0 amide bonds.